The van der Waals surface area contributed by atoms with E-state index in [0.717, 1.165) is 5.56 Å². The molecule has 0 unspecified atom stereocenters. The number of rotatable bonds is 3. The van der Waals surface area contributed by atoms with Crippen molar-refractivity contribution in [1.29, 1.82) is 0 Å². The van der Waals surface area contributed by atoms with Crippen molar-refractivity contribution in [3.8, 4) is 0 Å². The number of nitrogens with zero attached hydrogens (tertiary/aromatic N) is 2. The van der Waals surface area contributed by atoms with Gasteiger partial charge in [-0.1, -0.05) is 41.9 Å². The van der Waals surface area contributed by atoms with Gasteiger partial charge < -0.3 is 9.80 Å². The van der Waals surface area contributed by atoms with Crippen molar-refractivity contribution in [2.45, 2.75) is 6.42 Å². The molecule has 2 aromatic rings. The average Bonchev–Trinajstić information content (AvgIpc) is 2.63. The van der Waals surface area contributed by atoms with Crippen LogP contribution in [0.15, 0.2) is 54.6 Å². The molecule has 0 spiro atoms. The molecule has 5 heteroatoms. The summed E-state index contributed by atoms with van der Waals surface area (Å²) in [6, 6.07) is 16.6. The summed E-state index contributed by atoms with van der Waals surface area (Å²) in [5.41, 5.74) is 1.64. The maximum Gasteiger partial charge on any atom is 0.253 e. The van der Waals surface area contributed by atoms with Crippen LogP contribution in [-0.4, -0.2) is 47.8 Å². The number of hydrogen-bond donors (Lipinski definition) is 0. The molecule has 124 valence electrons. The summed E-state index contributed by atoms with van der Waals surface area (Å²) in [6.07, 6.45) is 0.409. The molecule has 1 aliphatic heterocycles. The Balaban J connectivity index is 1.54. The minimum absolute atomic E-state index is 0.0122. The van der Waals surface area contributed by atoms with Crippen LogP contribution in [0.1, 0.15) is 15.9 Å². The summed E-state index contributed by atoms with van der Waals surface area (Å²) in [6.45, 7) is 2.26. The first kappa shape index (κ1) is 16.5. The summed E-state index contributed by atoms with van der Waals surface area (Å²) in [5.74, 6) is 0.0987. The van der Waals surface area contributed by atoms with Crippen molar-refractivity contribution in [2.24, 2.45) is 0 Å². The second-order valence-electron chi connectivity index (χ2n) is 5.84. The predicted molar refractivity (Wildman–Crippen MR) is 94.1 cm³/mol. The Bertz CT molecular complexity index is 708. The molecule has 4 nitrogen and oxygen atoms in total. The zero-order chi connectivity index (χ0) is 16.9. The third kappa shape index (κ3) is 3.95. The van der Waals surface area contributed by atoms with Gasteiger partial charge in [0.2, 0.25) is 5.91 Å². The highest BCUT2D eigenvalue weighted by Crippen LogP contribution is 2.14. The van der Waals surface area contributed by atoms with Crippen molar-refractivity contribution >= 4 is 23.4 Å². The molecule has 0 atom stereocenters. The third-order valence-corrected chi connectivity index (χ3v) is 4.46. The van der Waals surface area contributed by atoms with Crippen LogP contribution in [-0.2, 0) is 11.2 Å². The fourth-order valence-electron chi connectivity index (χ4n) is 2.82. The Hall–Kier alpha value is -2.33. The molecule has 0 aromatic heterocycles. The lowest BCUT2D eigenvalue weighted by molar-refractivity contribution is -0.131. The monoisotopic (exact) mass is 342 g/mol. The predicted octanol–water partition coefficient (Wildman–Crippen LogP) is 2.87. The van der Waals surface area contributed by atoms with E-state index in [1.807, 2.05) is 35.2 Å². The fraction of sp³-hybridized carbons (Fsp3) is 0.263. The van der Waals surface area contributed by atoms with E-state index < -0.39 is 0 Å². The van der Waals surface area contributed by atoms with Gasteiger partial charge in [-0.3, -0.25) is 9.59 Å². The topological polar surface area (TPSA) is 40.6 Å². The smallest absolute Gasteiger partial charge is 0.253 e. The number of carbonyl (C=O) groups is 2. The van der Waals surface area contributed by atoms with Gasteiger partial charge in [0.15, 0.2) is 0 Å². The van der Waals surface area contributed by atoms with Gasteiger partial charge in [0, 0.05) is 36.8 Å². The maximum absolute atomic E-state index is 12.5. The molecule has 0 saturated carbocycles. The number of carbonyl (C=O) groups excluding carboxylic acids is 2. The SMILES string of the molecule is O=C(Cc1ccccc1)N1CCN(C(=O)c2ccc(Cl)cc2)CC1. The normalized spacial score (nSPS) is 14.5. The van der Waals surface area contributed by atoms with Crippen LogP contribution in [0.4, 0.5) is 0 Å². The van der Waals surface area contributed by atoms with Gasteiger partial charge in [-0.05, 0) is 29.8 Å². The van der Waals surface area contributed by atoms with Gasteiger partial charge in [0.05, 0.1) is 6.42 Å². The van der Waals surface area contributed by atoms with Crippen LogP contribution in [0.2, 0.25) is 5.02 Å². The van der Waals surface area contributed by atoms with E-state index >= 15 is 0 Å². The maximum atomic E-state index is 12.5. The highest BCUT2D eigenvalue weighted by molar-refractivity contribution is 6.30. The van der Waals surface area contributed by atoms with Crippen LogP contribution >= 0.6 is 11.6 Å². The second kappa shape index (κ2) is 7.49. The molecule has 2 amide bonds. The van der Waals surface area contributed by atoms with Crippen molar-refractivity contribution in [2.75, 3.05) is 26.2 Å². The first-order valence-corrected chi connectivity index (χ1v) is 8.38. The largest absolute Gasteiger partial charge is 0.339 e. The van der Waals surface area contributed by atoms with Gasteiger partial charge in [-0.15, -0.1) is 0 Å². The quantitative estimate of drug-likeness (QED) is 0.860. The Morgan fingerprint density at radius 3 is 2.04 bits per heavy atom. The molecule has 0 aliphatic carbocycles. The molecule has 0 bridgehead atoms. The summed E-state index contributed by atoms with van der Waals surface area (Å²) < 4.78 is 0. The van der Waals surface area contributed by atoms with E-state index in [0.29, 0.717) is 43.2 Å². The molecule has 0 radical (unpaired) electrons. The van der Waals surface area contributed by atoms with E-state index in [9.17, 15) is 9.59 Å². The van der Waals surface area contributed by atoms with Crippen LogP contribution in [0, 0.1) is 0 Å². The molecule has 2 aromatic carbocycles. The molecule has 1 saturated heterocycles. The van der Waals surface area contributed by atoms with Crippen molar-refractivity contribution in [3.05, 3.63) is 70.7 Å². The zero-order valence-corrected chi connectivity index (χ0v) is 14.1. The molecule has 1 aliphatic rings. The molecular weight excluding hydrogens is 324 g/mol. The molecule has 1 fully saturated rings. The Morgan fingerprint density at radius 1 is 0.833 bits per heavy atom. The zero-order valence-electron chi connectivity index (χ0n) is 13.3. The number of amides is 2. The molecule has 3 rings (SSSR count). The molecule has 1 heterocycles. The van der Waals surface area contributed by atoms with Gasteiger partial charge >= 0.3 is 0 Å². The Labute approximate surface area is 146 Å². The first-order chi connectivity index (χ1) is 11.6. The van der Waals surface area contributed by atoms with Gasteiger partial charge in [-0.2, -0.15) is 0 Å². The van der Waals surface area contributed by atoms with Crippen LogP contribution in [0.3, 0.4) is 0 Å². The van der Waals surface area contributed by atoms with Crippen LogP contribution in [0.25, 0.3) is 0 Å². The lowest BCUT2D eigenvalue weighted by Gasteiger charge is -2.35. The summed E-state index contributed by atoms with van der Waals surface area (Å²) >= 11 is 5.85. The van der Waals surface area contributed by atoms with Gasteiger partial charge in [-0.25, -0.2) is 0 Å². The first-order valence-electron chi connectivity index (χ1n) is 8.00. The second-order valence-corrected chi connectivity index (χ2v) is 6.28. The number of piperazine rings is 1. The van der Waals surface area contributed by atoms with E-state index in [-0.39, 0.29) is 11.8 Å². The van der Waals surface area contributed by atoms with Crippen LogP contribution in [0.5, 0.6) is 0 Å². The fourth-order valence-corrected chi connectivity index (χ4v) is 2.94. The van der Waals surface area contributed by atoms with E-state index in [1.54, 1.807) is 29.2 Å². The highest BCUT2D eigenvalue weighted by atomic mass is 35.5. The standard InChI is InChI=1S/C19H19ClN2O2/c20-17-8-6-16(7-9-17)19(24)22-12-10-21(11-13-22)18(23)14-15-4-2-1-3-5-15/h1-9H,10-14H2. The van der Waals surface area contributed by atoms with Crippen molar-refractivity contribution < 1.29 is 9.59 Å². The summed E-state index contributed by atoms with van der Waals surface area (Å²) in [5, 5.41) is 0.614. The van der Waals surface area contributed by atoms with Crippen molar-refractivity contribution in [3.63, 3.8) is 0 Å². The van der Waals surface area contributed by atoms with E-state index in [2.05, 4.69) is 0 Å². The highest BCUT2D eigenvalue weighted by Gasteiger charge is 2.24. The van der Waals surface area contributed by atoms with Crippen molar-refractivity contribution in [1.82, 2.24) is 9.80 Å². The summed E-state index contributed by atoms with van der Waals surface area (Å²) in [4.78, 5) is 28.4. The number of halogens is 1. The average molecular weight is 343 g/mol. The number of benzene rings is 2. The molecular formula is C19H19ClN2O2. The minimum Gasteiger partial charge on any atom is -0.339 e. The Morgan fingerprint density at radius 2 is 1.42 bits per heavy atom. The lowest BCUT2D eigenvalue weighted by atomic mass is 10.1. The van der Waals surface area contributed by atoms with E-state index in [1.165, 1.54) is 0 Å². The third-order valence-electron chi connectivity index (χ3n) is 4.21. The Kier molecular flexibility index (Phi) is 5.16. The lowest BCUT2D eigenvalue weighted by Crippen LogP contribution is -2.51. The molecule has 0 N–H and O–H groups in total. The number of hydrogen-bond acceptors (Lipinski definition) is 2. The van der Waals surface area contributed by atoms with Gasteiger partial charge in [0.1, 0.15) is 0 Å². The minimum atomic E-state index is -0.0122. The van der Waals surface area contributed by atoms with E-state index in [4.69, 9.17) is 11.6 Å². The van der Waals surface area contributed by atoms with Crippen LogP contribution < -0.4 is 0 Å². The molecule has 24 heavy (non-hydrogen) atoms. The summed E-state index contributed by atoms with van der Waals surface area (Å²) in [7, 11) is 0. The van der Waals surface area contributed by atoms with Gasteiger partial charge in [0.25, 0.3) is 5.91 Å².